The number of nitrogens with one attached hydrogen (secondary N) is 2. The summed E-state index contributed by atoms with van der Waals surface area (Å²) in [6.07, 6.45) is -1.53. The van der Waals surface area contributed by atoms with Crippen LogP contribution in [0.2, 0.25) is 5.02 Å². The maximum Gasteiger partial charge on any atom is 0.412 e. The number of carboxylic acid groups (broad SMARTS) is 1. The molecule has 0 bridgehead atoms. The van der Waals surface area contributed by atoms with E-state index in [0.717, 1.165) is 0 Å². The van der Waals surface area contributed by atoms with Gasteiger partial charge < -0.3 is 19.7 Å². The van der Waals surface area contributed by atoms with Gasteiger partial charge in [0.05, 0.1) is 5.92 Å². The first kappa shape index (κ1) is 27.9. The molecule has 4 rings (SSSR count). The number of nitriles is 1. The molecule has 0 aliphatic carbocycles. The van der Waals surface area contributed by atoms with E-state index in [2.05, 4.69) is 15.8 Å². The van der Waals surface area contributed by atoms with Crippen LogP contribution in [0.4, 0.5) is 16.2 Å². The van der Waals surface area contributed by atoms with Crippen molar-refractivity contribution in [1.29, 1.82) is 5.26 Å². The summed E-state index contributed by atoms with van der Waals surface area (Å²) in [5, 5.41) is 28.4. The van der Waals surface area contributed by atoms with Gasteiger partial charge in [0.2, 0.25) is 0 Å². The second kappa shape index (κ2) is 12.1. The van der Waals surface area contributed by atoms with Crippen molar-refractivity contribution in [2.75, 3.05) is 10.6 Å². The van der Waals surface area contributed by atoms with Crippen LogP contribution < -0.4 is 10.6 Å². The lowest BCUT2D eigenvalue weighted by Crippen LogP contribution is -2.17. The molecule has 0 saturated heterocycles. The Morgan fingerprint density at radius 3 is 2.27 bits per heavy atom. The topological polar surface area (TPSA) is 155 Å². The first-order valence-corrected chi connectivity index (χ1v) is 12.4. The molecule has 0 aliphatic heterocycles. The quantitative estimate of drug-likeness (QED) is 0.218. The zero-order chi connectivity index (χ0) is 28.8. The molecule has 40 heavy (non-hydrogen) atoms. The van der Waals surface area contributed by atoms with Gasteiger partial charge in [0.1, 0.15) is 23.6 Å². The third kappa shape index (κ3) is 6.11. The molecule has 0 saturated carbocycles. The van der Waals surface area contributed by atoms with Crippen LogP contribution in [0.25, 0.3) is 11.3 Å². The molecular formula is C29H23ClN4O6. The minimum Gasteiger partial charge on any atom is -0.481 e. The van der Waals surface area contributed by atoms with Crippen LogP contribution in [0.1, 0.15) is 53.1 Å². The van der Waals surface area contributed by atoms with Gasteiger partial charge in [-0.1, -0.05) is 65.3 Å². The lowest BCUT2D eigenvalue weighted by atomic mass is 9.99. The number of para-hydroxylation sites is 1. The highest BCUT2D eigenvalue weighted by Crippen LogP contribution is 2.32. The van der Waals surface area contributed by atoms with Gasteiger partial charge in [0.25, 0.3) is 11.7 Å². The van der Waals surface area contributed by atoms with Gasteiger partial charge in [0, 0.05) is 27.4 Å². The maximum absolute atomic E-state index is 12.9. The van der Waals surface area contributed by atoms with E-state index in [0.29, 0.717) is 27.4 Å². The van der Waals surface area contributed by atoms with Crippen LogP contribution in [-0.4, -0.2) is 28.2 Å². The summed E-state index contributed by atoms with van der Waals surface area (Å²) in [6.45, 7) is 3.19. The zero-order valence-corrected chi connectivity index (χ0v) is 22.1. The van der Waals surface area contributed by atoms with E-state index in [1.54, 1.807) is 67.6 Å². The Labute approximate surface area is 234 Å². The summed E-state index contributed by atoms with van der Waals surface area (Å²) in [5.74, 6) is -2.51. The number of carbonyl (C=O) groups is 3. The minimum atomic E-state index is -1.01. The predicted molar refractivity (Wildman–Crippen MR) is 147 cm³/mol. The molecule has 3 aromatic carbocycles. The Morgan fingerprint density at radius 2 is 1.62 bits per heavy atom. The normalized spacial score (nSPS) is 12.1. The molecule has 0 aliphatic rings. The third-order valence-electron chi connectivity index (χ3n) is 6.11. The number of anilines is 2. The number of aromatic nitrogens is 1. The summed E-state index contributed by atoms with van der Waals surface area (Å²) < 4.78 is 10.5. The highest BCUT2D eigenvalue weighted by molar-refractivity contribution is 6.31. The first-order valence-electron chi connectivity index (χ1n) is 12.0. The van der Waals surface area contributed by atoms with E-state index in [4.69, 9.17) is 20.9 Å². The van der Waals surface area contributed by atoms with Gasteiger partial charge in [-0.2, -0.15) is 5.26 Å². The minimum absolute atomic E-state index is 0.00708. The zero-order valence-electron chi connectivity index (χ0n) is 21.3. The van der Waals surface area contributed by atoms with Crippen LogP contribution in [0.5, 0.6) is 0 Å². The van der Waals surface area contributed by atoms with Crippen LogP contribution in [0.3, 0.4) is 0 Å². The number of halogens is 1. The molecule has 11 heteroatoms. The summed E-state index contributed by atoms with van der Waals surface area (Å²) in [4.78, 5) is 37.0. The standard InChI is InChI=1S/C29H23ClN4O6/c1-16(28(36)37)20-7-4-6-10-23(20)32-27(35)19-13-11-18(12-14-19)25-26(24(15-31)40-34-25)33-29(38)39-17(2)21-8-3-5-9-22(21)30/h3-14,16-17H,1-2H3,(H,32,35)(H,33,38)(H,36,37). The van der Waals surface area contributed by atoms with E-state index in [1.807, 2.05) is 6.07 Å². The second-order valence-electron chi connectivity index (χ2n) is 8.72. The summed E-state index contributed by atoms with van der Waals surface area (Å²) >= 11 is 6.18. The monoisotopic (exact) mass is 558 g/mol. The van der Waals surface area contributed by atoms with Crippen molar-refractivity contribution in [3.63, 3.8) is 0 Å². The molecule has 2 atom stereocenters. The Bertz CT molecular complexity index is 1610. The van der Waals surface area contributed by atoms with Crippen molar-refractivity contribution in [1.82, 2.24) is 5.16 Å². The number of hydrogen-bond donors (Lipinski definition) is 3. The van der Waals surface area contributed by atoms with Gasteiger partial charge >= 0.3 is 12.1 Å². The fourth-order valence-corrected chi connectivity index (χ4v) is 4.22. The number of ether oxygens (including phenoxy) is 1. The van der Waals surface area contributed by atoms with Gasteiger partial charge in [0.15, 0.2) is 0 Å². The van der Waals surface area contributed by atoms with Crippen molar-refractivity contribution in [2.45, 2.75) is 25.9 Å². The smallest absolute Gasteiger partial charge is 0.412 e. The van der Waals surface area contributed by atoms with Crippen LogP contribution in [0, 0.1) is 11.3 Å². The summed E-state index contributed by atoms with van der Waals surface area (Å²) in [5.41, 5.74) is 2.37. The average molecular weight is 559 g/mol. The lowest BCUT2D eigenvalue weighted by molar-refractivity contribution is -0.138. The molecular weight excluding hydrogens is 536 g/mol. The van der Waals surface area contributed by atoms with Crippen LogP contribution in [-0.2, 0) is 9.53 Å². The number of carbonyl (C=O) groups excluding carboxylic acids is 2. The molecule has 2 amide bonds. The fraction of sp³-hybridized carbons (Fsp3) is 0.138. The lowest BCUT2D eigenvalue weighted by Gasteiger charge is -2.15. The second-order valence-corrected chi connectivity index (χ2v) is 9.13. The van der Waals surface area contributed by atoms with Crippen molar-refractivity contribution < 1.29 is 28.8 Å². The number of hydrogen-bond acceptors (Lipinski definition) is 7. The number of aliphatic carboxylic acids is 1. The van der Waals surface area contributed by atoms with Gasteiger partial charge in [-0.05, 0) is 43.7 Å². The third-order valence-corrected chi connectivity index (χ3v) is 6.46. The molecule has 2 unspecified atom stereocenters. The first-order chi connectivity index (χ1) is 19.2. The van der Waals surface area contributed by atoms with Gasteiger partial charge in [-0.15, -0.1) is 0 Å². The summed E-state index contributed by atoms with van der Waals surface area (Å²) in [6, 6.07) is 21.6. The average Bonchev–Trinajstić information content (AvgIpc) is 3.35. The molecule has 202 valence electrons. The number of amides is 2. The molecule has 1 aromatic heterocycles. The highest BCUT2D eigenvalue weighted by atomic mass is 35.5. The molecule has 0 fully saturated rings. The molecule has 0 spiro atoms. The SMILES string of the molecule is CC(OC(=O)Nc1c(-c2ccc(C(=O)Nc3ccccc3C(C)C(=O)O)cc2)noc1C#N)c1ccccc1Cl. The van der Waals surface area contributed by atoms with Gasteiger partial charge in [-0.3, -0.25) is 14.9 Å². The van der Waals surface area contributed by atoms with Crippen LogP contribution >= 0.6 is 11.6 Å². The summed E-state index contributed by atoms with van der Waals surface area (Å²) in [7, 11) is 0. The largest absolute Gasteiger partial charge is 0.481 e. The Hall–Kier alpha value is -5.14. The molecule has 0 radical (unpaired) electrons. The van der Waals surface area contributed by atoms with E-state index >= 15 is 0 Å². The van der Waals surface area contributed by atoms with Crippen molar-refractivity contribution >= 4 is 40.9 Å². The number of nitrogens with zero attached hydrogens (tertiary/aromatic N) is 2. The molecule has 3 N–H and O–H groups in total. The molecule has 4 aromatic rings. The number of carboxylic acids is 1. The number of benzene rings is 3. The van der Waals surface area contributed by atoms with E-state index in [1.165, 1.54) is 19.1 Å². The molecule has 10 nitrogen and oxygen atoms in total. The Morgan fingerprint density at radius 1 is 0.975 bits per heavy atom. The highest BCUT2D eigenvalue weighted by Gasteiger charge is 2.23. The van der Waals surface area contributed by atoms with Crippen LogP contribution in [0.15, 0.2) is 77.3 Å². The Kier molecular flexibility index (Phi) is 8.47. The fourth-order valence-electron chi connectivity index (χ4n) is 3.94. The molecule has 1 heterocycles. The van der Waals surface area contributed by atoms with E-state index in [-0.39, 0.29) is 22.7 Å². The van der Waals surface area contributed by atoms with Crippen molar-refractivity contribution in [3.8, 4) is 17.3 Å². The van der Waals surface area contributed by atoms with Crippen molar-refractivity contribution in [3.05, 3.63) is 100 Å². The maximum atomic E-state index is 12.9. The van der Waals surface area contributed by atoms with E-state index in [9.17, 15) is 24.8 Å². The van der Waals surface area contributed by atoms with Crippen molar-refractivity contribution in [2.24, 2.45) is 0 Å². The predicted octanol–water partition coefficient (Wildman–Crippen LogP) is 6.62. The van der Waals surface area contributed by atoms with E-state index < -0.39 is 30.0 Å². The number of rotatable bonds is 8. The van der Waals surface area contributed by atoms with Gasteiger partial charge in [-0.25, -0.2) is 4.79 Å². The Balaban J connectivity index is 1.51.